The van der Waals surface area contributed by atoms with Crippen molar-refractivity contribution in [2.75, 3.05) is 26.7 Å². The molecule has 1 amide bonds. The van der Waals surface area contributed by atoms with Gasteiger partial charge in [-0.05, 0) is 31.0 Å². The molecule has 0 radical (unpaired) electrons. The van der Waals surface area contributed by atoms with Crippen molar-refractivity contribution >= 4 is 21.8 Å². The Morgan fingerprint density at radius 1 is 1.42 bits per heavy atom. The fourth-order valence-corrected chi connectivity index (χ4v) is 2.68. The van der Waals surface area contributed by atoms with Gasteiger partial charge < -0.3 is 15.0 Å². The Bertz CT molecular complexity index is 445. The number of ether oxygens (including phenoxy) is 1. The quantitative estimate of drug-likeness (QED) is 0.901. The molecule has 1 aliphatic heterocycles. The summed E-state index contributed by atoms with van der Waals surface area (Å²) in [6.45, 7) is 2.82. The predicted octanol–water partition coefficient (Wildman–Crippen LogP) is 2.17. The maximum absolute atomic E-state index is 11.9. The van der Waals surface area contributed by atoms with Gasteiger partial charge in [0.2, 0.25) is 5.91 Å². The number of carbonyl (C=O) groups is 1. The standard InChI is InChI=1S/C14H19BrN2O2/c1-19-13-5-4-12(15)8-11(13)9-16-10-14(18)17-6-2-3-7-17/h4-5,8,16H,2-3,6-7,9-10H2,1H3. The average Bonchev–Trinajstić information content (AvgIpc) is 2.93. The van der Waals surface area contributed by atoms with E-state index >= 15 is 0 Å². The molecule has 0 aliphatic carbocycles. The zero-order chi connectivity index (χ0) is 13.7. The van der Waals surface area contributed by atoms with Crippen molar-refractivity contribution in [3.63, 3.8) is 0 Å². The lowest BCUT2D eigenvalue weighted by atomic mass is 10.2. The average molecular weight is 327 g/mol. The molecule has 1 fully saturated rings. The van der Waals surface area contributed by atoms with Crippen LogP contribution in [0.2, 0.25) is 0 Å². The van der Waals surface area contributed by atoms with Crippen LogP contribution < -0.4 is 10.1 Å². The highest BCUT2D eigenvalue weighted by Crippen LogP contribution is 2.22. The highest BCUT2D eigenvalue weighted by molar-refractivity contribution is 9.10. The molecule has 0 unspecified atom stereocenters. The van der Waals surface area contributed by atoms with E-state index in [1.54, 1.807) is 7.11 Å². The summed E-state index contributed by atoms with van der Waals surface area (Å²) >= 11 is 3.44. The second kappa shape index (κ2) is 6.91. The van der Waals surface area contributed by atoms with Crippen molar-refractivity contribution in [2.45, 2.75) is 19.4 Å². The number of nitrogens with one attached hydrogen (secondary N) is 1. The van der Waals surface area contributed by atoms with Crippen molar-refractivity contribution in [3.05, 3.63) is 28.2 Å². The molecule has 104 valence electrons. The summed E-state index contributed by atoms with van der Waals surface area (Å²) < 4.78 is 6.31. The maximum atomic E-state index is 11.9. The number of nitrogens with zero attached hydrogens (tertiary/aromatic N) is 1. The van der Waals surface area contributed by atoms with Crippen molar-refractivity contribution in [1.29, 1.82) is 0 Å². The number of hydrogen-bond acceptors (Lipinski definition) is 3. The van der Waals surface area contributed by atoms with Gasteiger partial charge in [-0.25, -0.2) is 0 Å². The number of halogens is 1. The van der Waals surface area contributed by atoms with Crippen molar-refractivity contribution in [2.24, 2.45) is 0 Å². The Morgan fingerprint density at radius 2 is 2.16 bits per heavy atom. The second-order valence-corrected chi connectivity index (χ2v) is 5.56. The van der Waals surface area contributed by atoms with E-state index < -0.39 is 0 Å². The number of carbonyl (C=O) groups excluding carboxylic acids is 1. The molecule has 5 heteroatoms. The third kappa shape index (κ3) is 3.94. The number of likely N-dealkylation sites (tertiary alicyclic amines) is 1. The number of rotatable bonds is 5. The Balaban J connectivity index is 1.84. The highest BCUT2D eigenvalue weighted by atomic mass is 79.9. The summed E-state index contributed by atoms with van der Waals surface area (Å²) in [5, 5.41) is 3.19. The number of hydrogen-bond donors (Lipinski definition) is 1. The van der Waals surface area contributed by atoms with Gasteiger partial charge in [-0.2, -0.15) is 0 Å². The molecule has 1 aromatic carbocycles. The van der Waals surface area contributed by atoms with Crippen molar-refractivity contribution in [1.82, 2.24) is 10.2 Å². The van der Waals surface area contributed by atoms with E-state index in [9.17, 15) is 4.79 Å². The first kappa shape index (κ1) is 14.3. The molecule has 0 atom stereocenters. The van der Waals surface area contributed by atoms with Gasteiger partial charge >= 0.3 is 0 Å². The van der Waals surface area contributed by atoms with Gasteiger partial charge in [-0.1, -0.05) is 15.9 Å². The maximum Gasteiger partial charge on any atom is 0.236 e. The summed E-state index contributed by atoms with van der Waals surface area (Å²) in [5.74, 6) is 1.02. The van der Waals surface area contributed by atoms with Crippen LogP contribution >= 0.6 is 15.9 Å². The summed E-state index contributed by atoms with van der Waals surface area (Å²) in [4.78, 5) is 13.8. The molecule has 1 heterocycles. The van der Waals surface area contributed by atoms with E-state index in [1.807, 2.05) is 23.1 Å². The smallest absolute Gasteiger partial charge is 0.236 e. The SMILES string of the molecule is COc1ccc(Br)cc1CNCC(=O)N1CCCC1. The van der Waals surface area contributed by atoms with Crippen LogP contribution in [0.5, 0.6) is 5.75 Å². The fraction of sp³-hybridized carbons (Fsp3) is 0.500. The molecule has 0 saturated carbocycles. The molecule has 1 saturated heterocycles. The Morgan fingerprint density at radius 3 is 2.84 bits per heavy atom. The molecule has 1 aromatic rings. The Labute approximate surface area is 122 Å². The topological polar surface area (TPSA) is 41.6 Å². The van der Waals surface area contributed by atoms with E-state index in [-0.39, 0.29) is 5.91 Å². The van der Waals surface area contributed by atoms with Crippen molar-refractivity contribution < 1.29 is 9.53 Å². The first-order chi connectivity index (χ1) is 9.20. The van der Waals surface area contributed by atoms with Crippen LogP contribution in [0.4, 0.5) is 0 Å². The number of benzene rings is 1. The van der Waals surface area contributed by atoms with Gasteiger partial charge in [0.05, 0.1) is 13.7 Å². The van der Waals surface area contributed by atoms with E-state index in [0.29, 0.717) is 13.1 Å². The lowest BCUT2D eigenvalue weighted by Crippen LogP contribution is -2.36. The molecule has 0 spiro atoms. The molecule has 0 aromatic heterocycles. The van der Waals surface area contributed by atoms with E-state index in [4.69, 9.17) is 4.74 Å². The summed E-state index contributed by atoms with van der Waals surface area (Å²) in [6.07, 6.45) is 2.26. The van der Waals surface area contributed by atoms with E-state index in [0.717, 1.165) is 41.7 Å². The molecular formula is C14H19BrN2O2. The van der Waals surface area contributed by atoms with Crippen molar-refractivity contribution in [3.8, 4) is 5.75 Å². The summed E-state index contributed by atoms with van der Waals surface area (Å²) in [7, 11) is 1.65. The first-order valence-corrected chi connectivity index (χ1v) is 7.31. The van der Waals surface area contributed by atoms with E-state index in [2.05, 4.69) is 21.2 Å². The molecule has 19 heavy (non-hydrogen) atoms. The van der Waals surface area contributed by atoms with Gasteiger partial charge in [0.15, 0.2) is 0 Å². The Kier molecular flexibility index (Phi) is 5.22. The molecule has 1 aliphatic rings. The monoisotopic (exact) mass is 326 g/mol. The second-order valence-electron chi connectivity index (χ2n) is 4.65. The first-order valence-electron chi connectivity index (χ1n) is 6.51. The number of methoxy groups -OCH3 is 1. The minimum absolute atomic E-state index is 0.187. The van der Waals surface area contributed by atoms with Gasteiger partial charge in [0, 0.05) is 29.7 Å². The fourth-order valence-electron chi connectivity index (χ4n) is 2.27. The van der Waals surface area contributed by atoms with Crippen LogP contribution in [0.3, 0.4) is 0 Å². The van der Waals surface area contributed by atoms with Crippen LogP contribution in [0.1, 0.15) is 18.4 Å². The lowest BCUT2D eigenvalue weighted by molar-refractivity contribution is -0.129. The molecule has 0 bridgehead atoms. The third-order valence-corrected chi connectivity index (χ3v) is 3.79. The van der Waals surface area contributed by atoms with Crippen LogP contribution in [-0.2, 0) is 11.3 Å². The van der Waals surface area contributed by atoms with E-state index in [1.165, 1.54) is 0 Å². The van der Waals surface area contributed by atoms with Gasteiger partial charge in [-0.3, -0.25) is 4.79 Å². The van der Waals surface area contributed by atoms with Gasteiger partial charge in [0.25, 0.3) is 0 Å². The zero-order valence-electron chi connectivity index (χ0n) is 11.1. The largest absolute Gasteiger partial charge is 0.496 e. The molecular weight excluding hydrogens is 308 g/mol. The Hall–Kier alpha value is -1.07. The number of amides is 1. The molecule has 2 rings (SSSR count). The summed E-state index contributed by atoms with van der Waals surface area (Å²) in [5.41, 5.74) is 1.05. The van der Waals surface area contributed by atoms with Crippen LogP contribution in [0, 0.1) is 0 Å². The zero-order valence-corrected chi connectivity index (χ0v) is 12.7. The predicted molar refractivity (Wildman–Crippen MR) is 78.2 cm³/mol. The minimum atomic E-state index is 0.187. The van der Waals surface area contributed by atoms with Crippen LogP contribution in [0.15, 0.2) is 22.7 Å². The lowest BCUT2D eigenvalue weighted by Gasteiger charge is -2.16. The third-order valence-electron chi connectivity index (χ3n) is 3.29. The summed E-state index contributed by atoms with van der Waals surface area (Å²) in [6, 6.07) is 5.87. The molecule has 4 nitrogen and oxygen atoms in total. The van der Waals surface area contributed by atoms with Crippen LogP contribution in [0.25, 0.3) is 0 Å². The van der Waals surface area contributed by atoms with Gasteiger partial charge in [0.1, 0.15) is 5.75 Å². The van der Waals surface area contributed by atoms with Gasteiger partial charge in [-0.15, -0.1) is 0 Å². The molecule has 1 N–H and O–H groups in total. The van der Waals surface area contributed by atoms with Crippen LogP contribution in [-0.4, -0.2) is 37.6 Å². The highest BCUT2D eigenvalue weighted by Gasteiger charge is 2.17. The normalized spacial score (nSPS) is 14.7. The minimum Gasteiger partial charge on any atom is -0.496 e.